The van der Waals surface area contributed by atoms with Gasteiger partial charge in [0.05, 0.1) is 11.7 Å². The predicted molar refractivity (Wildman–Crippen MR) is 101 cm³/mol. The fourth-order valence-electron chi connectivity index (χ4n) is 3.51. The zero-order chi connectivity index (χ0) is 18.4. The maximum Gasteiger partial charge on any atom is 0.256 e. The molecule has 5 heteroatoms. The lowest BCUT2D eigenvalue weighted by molar-refractivity contribution is 0.0436. The van der Waals surface area contributed by atoms with Crippen molar-refractivity contribution < 1.29 is 9.90 Å². The maximum absolute atomic E-state index is 12.6. The fourth-order valence-corrected chi connectivity index (χ4v) is 3.51. The van der Waals surface area contributed by atoms with Crippen LogP contribution < -0.4 is 0 Å². The Hall–Kier alpha value is -2.27. The quantitative estimate of drug-likeness (QED) is 0.867. The molecule has 138 valence electrons. The number of aromatic nitrogens is 2. The van der Waals surface area contributed by atoms with Crippen molar-refractivity contribution in [3.63, 3.8) is 0 Å². The first-order valence-corrected chi connectivity index (χ1v) is 9.49. The van der Waals surface area contributed by atoms with Crippen LogP contribution in [0.1, 0.15) is 47.9 Å². The van der Waals surface area contributed by atoms with Crippen LogP contribution >= 0.6 is 0 Å². The lowest BCUT2D eigenvalue weighted by Gasteiger charge is -2.34. The first-order chi connectivity index (χ1) is 12.7. The molecular formula is C21H27N3O2. The van der Waals surface area contributed by atoms with Gasteiger partial charge >= 0.3 is 0 Å². The molecule has 1 aromatic heterocycles. The third-order valence-corrected chi connectivity index (χ3v) is 5.21. The first-order valence-electron chi connectivity index (χ1n) is 9.49. The third-order valence-electron chi connectivity index (χ3n) is 5.21. The highest BCUT2D eigenvalue weighted by Crippen LogP contribution is 2.24. The molecule has 1 atom stereocenters. The Labute approximate surface area is 155 Å². The van der Waals surface area contributed by atoms with E-state index in [2.05, 4.69) is 22.1 Å². The van der Waals surface area contributed by atoms with Crippen molar-refractivity contribution in [3.8, 4) is 0 Å². The van der Waals surface area contributed by atoms with Gasteiger partial charge in [-0.25, -0.2) is 9.97 Å². The molecule has 0 bridgehead atoms. The maximum atomic E-state index is 12.6. The van der Waals surface area contributed by atoms with Gasteiger partial charge in [0.25, 0.3) is 5.91 Å². The number of hydrogen-bond acceptors (Lipinski definition) is 4. The minimum Gasteiger partial charge on any atom is -0.393 e. The summed E-state index contributed by atoms with van der Waals surface area (Å²) in [4.78, 5) is 22.8. The molecule has 1 aliphatic heterocycles. The highest BCUT2D eigenvalue weighted by atomic mass is 16.3. The Morgan fingerprint density at radius 1 is 1.19 bits per heavy atom. The van der Waals surface area contributed by atoms with E-state index in [1.54, 1.807) is 12.4 Å². The van der Waals surface area contributed by atoms with E-state index in [-0.39, 0.29) is 17.9 Å². The summed E-state index contributed by atoms with van der Waals surface area (Å²) in [6.07, 6.45) is 7.05. The number of likely N-dealkylation sites (tertiary alicyclic amines) is 1. The summed E-state index contributed by atoms with van der Waals surface area (Å²) >= 11 is 0. The van der Waals surface area contributed by atoms with Gasteiger partial charge in [-0.3, -0.25) is 4.79 Å². The number of carbonyl (C=O) groups excluding carboxylic acids is 1. The van der Waals surface area contributed by atoms with Gasteiger partial charge in [-0.2, -0.15) is 0 Å². The Balaban J connectivity index is 1.47. The van der Waals surface area contributed by atoms with E-state index >= 15 is 0 Å². The third kappa shape index (κ3) is 4.67. The molecule has 26 heavy (non-hydrogen) atoms. The highest BCUT2D eigenvalue weighted by Gasteiger charge is 2.28. The van der Waals surface area contributed by atoms with Crippen molar-refractivity contribution in [1.82, 2.24) is 14.9 Å². The van der Waals surface area contributed by atoms with Crippen LogP contribution in [0.4, 0.5) is 0 Å². The monoisotopic (exact) mass is 353 g/mol. The SMILES string of the molecule is CCc1ncc(C(=O)N2CCC([C@@H](O)CCc3ccccc3)CC2)cn1. The van der Waals surface area contributed by atoms with Crippen LogP contribution in [-0.4, -0.2) is 45.1 Å². The summed E-state index contributed by atoms with van der Waals surface area (Å²) in [5.74, 6) is 1.01. The number of piperidine rings is 1. The van der Waals surface area contributed by atoms with Gasteiger partial charge < -0.3 is 10.0 Å². The molecule has 1 aromatic carbocycles. The van der Waals surface area contributed by atoms with Crippen molar-refractivity contribution in [1.29, 1.82) is 0 Å². The normalized spacial score (nSPS) is 16.5. The molecule has 1 N–H and O–H groups in total. The second-order valence-corrected chi connectivity index (χ2v) is 6.96. The van der Waals surface area contributed by atoms with Gasteiger partial charge in [0.2, 0.25) is 0 Å². The number of hydrogen-bond donors (Lipinski definition) is 1. The number of amides is 1. The number of benzene rings is 1. The van der Waals surface area contributed by atoms with Gasteiger partial charge in [0.1, 0.15) is 5.82 Å². The van der Waals surface area contributed by atoms with Crippen molar-refractivity contribution >= 4 is 5.91 Å². The molecule has 0 radical (unpaired) electrons. The largest absolute Gasteiger partial charge is 0.393 e. The van der Waals surface area contributed by atoms with Crippen molar-refractivity contribution in [2.45, 2.75) is 45.1 Å². The number of aliphatic hydroxyl groups excluding tert-OH is 1. The standard InChI is InChI=1S/C21H27N3O2/c1-2-20-22-14-18(15-23-20)21(26)24-12-10-17(11-13-24)19(25)9-8-16-6-4-3-5-7-16/h3-7,14-15,17,19,25H,2,8-13H2,1H3/t19-/m0/s1. The summed E-state index contributed by atoms with van der Waals surface area (Å²) in [6.45, 7) is 3.35. The minimum absolute atomic E-state index is 0.00937. The van der Waals surface area contributed by atoms with E-state index in [4.69, 9.17) is 0 Å². The van der Waals surface area contributed by atoms with Crippen LogP contribution in [0.15, 0.2) is 42.7 Å². The van der Waals surface area contributed by atoms with E-state index in [1.165, 1.54) is 5.56 Å². The van der Waals surface area contributed by atoms with E-state index < -0.39 is 0 Å². The molecule has 0 saturated carbocycles. The highest BCUT2D eigenvalue weighted by molar-refractivity contribution is 5.93. The lowest BCUT2D eigenvalue weighted by atomic mass is 9.88. The summed E-state index contributed by atoms with van der Waals surface area (Å²) in [5.41, 5.74) is 1.81. The summed E-state index contributed by atoms with van der Waals surface area (Å²) in [6, 6.07) is 10.3. The van der Waals surface area contributed by atoms with Gasteiger partial charge in [-0.1, -0.05) is 37.3 Å². The Morgan fingerprint density at radius 2 is 1.85 bits per heavy atom. The topological polar surface area (TPSA) is 66.3 Å². The Kier molecular flexibility index (Phi) is 6.34. The summed E-state index contributed by atoms with van der Waals surface area (Å²) in [5, 5.41) is 10.5. The second-order valence-electron chi connectivity index (χ2n) is 6.96. The van der Waals surface area contributed by atoms with Crippen molar-refractivity contribution in [3.05, 3.63) is 59.7 Å². The molecule has 2 aromatic rings. The van der Waals surface area contributed by atoms with Crippen LogP contribution in [0.25, 0.3) is 0 Å². The minimum atomic E-state index is -0.306. The average molecular weight is 353 g/mol. The zero-order valence-electron chi connectivity index (χ0n) is 15.3. The molecule has 2 heterocycles. The van der Waals surface area contributed by atoms with Crippen LogP contribution in [-0.2, 0) is 12.8 Å². The molecule has 1 amide bonds. The number of aryl methyl sites for hydroxylation is 2. The van der Waals surface area contributed by atoms with Crippen molar-refractivity contribution in [2.75, 3.05) is 13.1 Å². The molecule has 0 unspecified atom stereocenters. The summed E-state index contributed by atoms with van der Waals surface area (Å²) in [7, 11) is 0. The van der Waals surface area contributed by atoms with Crippen LogP contribution in [0.3, 0.4) is 0 Å². The van der Waals surface area contributed by atoms with Crippen LogP contribution in [0, 0.1) is 5.92 Å². The first kappa shape index (κ1) is 18.5. The molecule has 3 rings (SSSR count). The molecule has 0 aliphatic carbocycles. The van der Waals surface area contributed by atoms with Crippen molar-refractivity contribution in [2.24, 2.45) is 5.92 Å². The lowest BCUT2D eigenvalue weighted by Crippen LogP contribution is -2.41. The van der Waals surface area contributed by atoms with Gasteiger partial charge in [-0.15, -0.1) is 0 Å². The average Bonchev–Trinajstić information content (AvgIpc) is 2.72. The number of aliphatic hydroxyl groups is 1. The van der Waals surface area contributed by atoms with Crippen LogP contribution in [0.5, 0.6) is 0 Å². The van der Waals surface area contributed by atoms with Crippen LogP contribution in [0.2, 0.25) is 0 Å². The molecule has 0 spiro atoms. The Bertz CT molecular complexity index is 695. The van der Waals surface area contributed by atoms with E-state index in [1.807, 2.05) is 30.0 Å². The number of carbonyl (C=O) groups is 1. The van der Waals surface area contributed by atoms with Gasteiger partial charge in [0.15, 0.2) is 0 Å². The van der Waals surface area contributed by atoms with E-state index in [0.717, 1.165) is 37.9 Å². The molecule has 1 aliphatic rings. The summed E-state index contributed by atoms with van der Waals surface area (Å²) < 4.78 is 0. The zero-order valence-corrected chi connectivity index (χ0v) is 15.3. The number of rotatable bonds is 6. The number of nitrogens with zero attached hydrogens (tertiary/aromatic N) is 3. The van der Waals surface area contributed by atoms with Gasteiger partial charge in [-0.05, 0) is 37.2 Å². The van der Waals surface area contributed by atoms with E-state index in [9.17, 15) is 9.90 Å². The fraction of sp³-hybridized carbons (Fsp3) is 0.476. The molecular weight excluding hydrogens is 326 g/mol. The molecule has 1 fully saturated rings. The van der Waals surface area contributed by atoms with E-state index in [0.29, 0.717) is 18.7 Å². The smallest absolute Gasteiger partial charge is 0.256 e. The van der Waals surface area contributed by atoms with Gasteiger partial charge in [0, 0.05) is 31.9 Å². The predicted octanol–water partition coefficient (Wildman–Crippen LogP) is 2.88. The Morgan fingerprint density at radius 3 is 2.46 bits per heavy atom. The molecule has 5 nitrogen and oxygen atoms in total. The molecule has 1 saturated heterocycles. The second kappa shape index (κ2) is 8.90.